The Labute approximate surface area is 81.4 Å². The van der Waals surface area contributed by atoms with E-state index in [1.807, 2.05) is 0 Å². The van der Waals surface area contributed by atoms with Crippen molar-refractivity contribution in [1.82, 2.24) is 4.90 Å². The van der Waals surface area contributed by atoms with Crippen molar-refractivity contribution in [2.75, 3.05) is 7.05 Å². The van der Waals surface area contributed by atoms with Gasteiger partial charge in [-0.3, -0.25) is 0 Å². The SMILES string of the molecule is CCC(CC)C1=CC=CN(C)C=C1. The Morgan fingerprint density at radius 2 is 1.92 bits per heavy atom. The zero-order chi connectivity index (χ0) is 9.68. The van der Waals surface area contributed by atoms with Gasteiger partial charge in [0.2, 0.25) is 0 Å². The lowest BCUT2D eigenvalue weighted by Gasteiger charge is -2.12. The van der Waals surface area contributed by atoms with Crippen LogP contribution in [0.4, 0.5) is 0 Å². The molecule has 13 heavy (non-hydrogen) atoms. The lowest BCUT2D eigenvalue weighted by molar-refractivity contribution is 0.580. The highest BCUT2D eigenvalue weighted by Gasteiger charge is 2.07. The number of hydrogen-bond acceptors (Lipinski definition) is 1. The van der Waals surface area contributed by atoms with Crippen LogP contribution >= 0.6 is 0 Å². The first kappa shape index (κ1) is 10.1. The smallest absolute Gasteiger partial charge is 0.0106 e. The minimum Gasteiger partial charge on any atom is -0.357 e. The predicted octanol–water partition coefficient (Wildman–Crippen LogP) is 3.32. The van der Waals surface area contributed by atoms with Gasteiger partial charge in [-0.15, -0.1) is 0 Å². The van der Waals surface area contributed by atoms with Crippen molar-refractivity contribution in [3.63, 3.8) is 0 Å². The van der Waals surface area contributed by atoms with E-state index in [-0.39, 0.29) is 0 Å². The number of allylic oxidation sites excluding steroid dienone is 4. The molecule has 1 nitrogen and oxygen atoms in total. The fourth-order valence-corrected chi connectivity index (χ4v) is 1.63. The predicted molar refractivity (Wildman–Crippen MR) is 58.2 cm³/mol. The summed E-state index contributed by atoms with van der Waals surface area (Å²) in [4.78, 5) is 2.08. The van der Waals surface area contributed by atoms with Crippen molar-refractivity contribution < 1.29 is 0 Å². The van der Waals surface area contributed by atoms with Gasteiger partial charge in [0.25, 0.3) is 0 Å². The molecule has 0 atom stereocenters. The van der Waals surface area contributed by atoms with E-state index in [9.17, 15) is 0 Å². The first-order valence-corrected chi connectivity index (χ1v) is 5.06. The molecule has 0 aromatic heterocycles. The van der Waals surface area contributed by atoms with Crippen LogP contribution in [0.25, 0.3) is 0 Å². The number of hydrogen-bond donors (Lipinski definition) is 0. The van der Waals surface area contributed by atoms with E-state index in [0.717, 1.165) is 0 Å². The summed E-state index contributed by atoms with van der Waals surface area (Å²) in [6.07, 6.45) is 13.2. The molecule has 1 heterocycles. The normalized spacial score (nSPS) is 16.3. The second-order valence-electron chi connectivity index (χ2n) is 3.50. The lowest BCUT2D eigenvalue weighted by atomic mass is 9.93. The van der Waals surface area contributed by atoms with E-state index in [1.54, 1.807) is 0 Å². The molecule has 1 heteroatoms. The zero-order valence-electron chi connectivity index (χ0n) is 8.83. The van der Waals surface area contributed by atoms with Crippen LogP contribution in [0, 0.1) is 5.92 Å². The average molecular weight is 177 g/mol. The molecule has 72 valence electrons. The highest BCUT2D eigenvalue weighted by atomic mass is 15.0. The molecule has 0 saturated heterocycles. The molecule has 0 spiro atoms. The standard InChI is InChI=1S/C12H19N/c1-4-11(5-2)12-7-6-9-13(3)10-8-12/h6-11H,4-5H2,1-3H3. The maximum atomic E-state index is 2.25. The summed E-state index contributed by atoms with van der Waals surface area (Å²) < 4.78 is 0. The summed E-state index contributed by atoms with van der Waals surface area (Å²) in [5.74, 6) is 0.715. The first-order chi connectivity index (χ1) is 6.27. The second-order valence-corrected chi connectivity index (χ2v) is 3.50. The minimum atomic E-state index is 0.715. The second kappa shape index (κ2) is 4.90. The van der Waals surface area contributed by atoms with Gasteiger partial charge in [0.05, 0.1) is 0 Å². The first-order valence-electron chi connectivity index (χ1n) is 5.06. The molecule has 0 aliphatic carbocycles. The fourth-order valence-electron chi connectivity index (χ4n) is 1.63. The van der Waals surface area contributed by atoms with E-state index >= 15 is 0 Å². The third-order valence-corrected chi connectivity index (χ3v) is 2.57. The molecule has 0 amide bonds. The Morgan fingerprint density at radius 3 is 2.54 bits per heavy atom. The van der Waals surface area contributed by atoms with Crippen LogP contribution in [-0.4, -0.2) is 11.9 Å². The van der Waals surface area contributed by atoms with Gasteiger partial charge in [-0.05, 0) is 36.5 Å². The lowest BCUT2D eigenvalue weighted by Crippen LogP contribution is -2.01. The summed E-state index contributed by atoms with van der Waals surface area (Å²) >= 11 is 0. The molecule has 1 aliphatic rings. The molecule has 0 saturated carbocycles. The van der Waals surface area contributed by atoms with E-state index in [4.69, 9.17) is 0 Å². The van der Waals surface area contributed by atoms with Crippen LogP contribution in [0.3, 0.4) is 0 Å². The Hall–Kier alpha value is -0.980. The van der Waals surface area contributed by atoms with Crippen LogP contribution < -0.4 is 0 Å². The van der Waals surface area contributed by atoms with Crippen molar-refractivity contribution in [2.45, 2.75) is 26.7 Å². The number of nitrogens with zero attached hydrogens (tertiary/aromatic N) is 1. The average Bonchev–Trinajstić information content (AvgIpc) is 2.34. The van der Waals surface area contributed by atoms with Gasteiger partial charge in [-0.25, -0.2) is 0 Å². The summed E-state index contributed by atoms with van der Waals surface area (Å²) in [7, 11) is 2.05. The van der Waals surface area contributed by atoms with Gasteiger partial charge in [0, 0.05) is 19.4 Å². The van der Waals surface area contributed by atoms with Crippen molar-refractivity contribution >= 4 is 0 Å². The van der Waals surface area contributed by atoms with E-state index in [2.05, 4.69) is 56.4 Å². The maximum Gasteiger partial charge on any atom is 0.0106 e. The summed E-state index contributed by atoms with van der Waals surface area (Å²) in [5.41, 5.74) is 1.45. The third kappa shape index (κ3) is 2.76. The third-order valence-electron chi connectivity index (χ3n) is 2.57. The highest BCUT2D eigenvalue weighted by molar-refractivity contribution is 5.28. The van der Waals surface area contributed by atoms with Gasteiger partial charge in [-0.1, -0.05) is 19.9 Å². The summed E-state index contributed by atoms with van der Waals surface area (Å²) in [6, 6.07) is 0. The van der Waals surface area contributed by atoms with Gasteiger partial charge in [-0.2, -0.15) is 0 Å². The van der Waals surface area contributed by atoms with Gasteiger partial charge in [0.1, 0.15) is 0 Å². The Bertz CT molecular complexity index is 232. The van der Waals surface area contributed by atoms with Gasteiger partial charge < -0.3 is 4.90 Å². The summed E-state index contributed by atoms with van der Waals surface area (Å²) in [6.45, 7) is 4.50. The van der Waals surface area contributed by atoms with Crippen molar-refractivity contribution in [3.05, 3.63) is 36.2 Å². The topological polar surface area (TPSA) is 3.24 Å². The quantitative estimate of drug-likeness (QED) is 0.639. The molecular weight excluding hydrogens is 158 g/mol. The Morgan fingerprint density at radius 1 is 1.23 bits per heavy atom. The van der Waals surface area contributed by atoms with Crippen LogP contribution in [0.15, 0.2) is 36.2 Å². The minimum absolute atomic E-state index is 0.715. The summed E-state index contributed by atoms with van der Waals surface area (Å²) in [5, 5.41) is 0. The molecule has 1 rings (SSSR count). The monoisotopic (exact) mass is 177 g/mol. The molecule has 0 unspecified atom stereocenters. The van der Waals surface area contributed by atoms with Crippen molar-refractivity contribution in [1.29, 1.82) is 0 Å². The van der Waals surface area contributed by atoms with Crippen molar-refractivity contribution in [3.8, 4) is 0 Å². The molecule has 0 radical (unpaired) electrons. The van der Waals surface area contributed by atoms with Crippen molar-refractivity contribution in [2.24, 2.45) is 5.92 Å². The van der Waals surface area contributed by atoms with Gasteiger partial charge >= 0.3 is 0 Å². The van der Waals surface area contributed by atoms with Crippen LogP contribution in [0.1, 0.15) is 26.7 Å². The Balaban J connectivity index is 2.74. The number of rotatable bonds is 3. The fraction of sp³-hybridized carbons (Fsp3) is 0.500. The molecule has 0 aromatic carbocycles. The van der Waals surface area contributed by atoms with Crippen LogP contribution in [0.2, 0.25) is 0 Å². The molecular formula is C12H19N. The van der Waals surface area contributed by atoms with Crippen LogP contribution in [0.5, 0.6) is 0 Å². The Kier molecular flexibility index (Phi) is 3.81. The molecule has 0 fully saturated rings. The van der Waals surface area contributed by atoms with E-state index < -0.39 is 0 Å². The van der Waals surface area contributed by atoms with E-state index in [1.165, 1.54) is 18.4 Å². The van der Waals surface area contributed by atoms with Gasteiger partial charge in [0.15, 0.2) is 0 Å². The molecule has 0 N–H and O–H groups in total. The largest absolute Gasteiger partial charge is 0.357 e. The van der Waals surface area contributed by atoms with Crippen LogP contribution in [-0.2, 0) is 0 Å². The maximum absolute atomic E-state index is 2.25. The molecule has 0 bridgehead atoms. The zero-order valence-corrected chi connectivity index (χ0v) is 8.83. The molecule has 0 aromatic rings. The highest BCUT2D eigenvalue weighted by Crippen LogP contribution is 2.21. The molecule has 1 aliphatic heterocycles. The van der Waals surface area contributed by atoms with E-state index in [0.29, 0.717) is 5.92 Å².